The molecule has 5 heteroatoms. The second-order valence-corrected chi connectivity index (χ2v) is 5.95. The number of carbonyl (C=O) groups is 1. The second kappa shape index (κ2) is 7.94. The lowest BCUT2D eigenvalue weighted by atomic mass is 10.1. The SMILES string of the molecule is CC.COC(=O)c1cc(S(=O)C(C)C)c(O)cc1C. The summed E-state index contributed by atoms with van der Waals surface area (Å²) in [4.78, 5) is 11.8. The average molecular weight is 286 g/mol. The van der Waals surface area contributed by atoms with E-state index < -0.39 is 16.8 Å². The zero-order valence-electron chi connectivity index (χ0n) is 12.3. The van der Waals surface area contributed by atoms with E-state index in [1.807, 2.05) is 13.8 Å². The molecule has 0 aliphatic carbocycles. The van der Waals surface area contributed by atoms with Crippen LogP contribution in [-0.2, 0) is 15.5 Å². The highest BCUT2D eigenvalue weighted by atomic mass is 32.2. The number of aryl methyl sites for hydroxylation is 1. The van der Waals surface area contributed by atoms with Crippen LogP contribution in [0.2, 0.25) is 0 Å². The van der Waals surface area contributed by atoms with Gasteiger partial charge in [-0.2, -0.15) is 0 Å². The highest BCUT2D eigenvalue weighted by Gasteiger charge is 2.18. The Morgan fingerprint density at radius 2 is 1.84 bits per heavy atom. The number of phenolic OH excluding ortho intramolecular Hbond substituents is 1. The monoisotopic (exact) mass is 286 g/mol. The summed E-state index contributed by atoms with van der Waals surface area (Å²) in [5.74, 6) is -0.549. The molecule has 1 rings (SSSR count). The first-order chi connectivity index (χ1) is 8.88. The van der Waals surface area contributed by atoms with Crippen molar-refractivity contribution in [1.82, 2.24) is 0 Å². The van der Waals surface area contributed by atoms with Crippen molar-refractivity contribution in [3.05, 3.63) is 23.3 Å². The Bertz CT molecular complexity index is 467. The first-order valence-corrected chi connectivity index (χ1v) is 7.42. The third-order valence-corrected chi connectivity index (χ3v) is 3.97. The molecule has 108 valence electrons. The zero-order chi connectivity index (χ0) is 15.2. The van der Waals surface area contributed by atoms with E-state index in [1.54, 1.807) is 20.8 Å². The fourth-order valence-corrected chi connectivity index (χ4v) is 2.42. The first-order valence-electron chi connectivity index (χ1n) is 6.21. The van der Waals surface area contributed by atoms with Gasteiger partial charge in [0.05, 0.1) is 28.4 Å². The molecule has 0 saturated heterocycles. The molecule has 0 saturated carbocycles. The maximum atomic E-state index is 11.9. The lowest BCUT2D eigenvalue weighted by molar-refractivity contribution is 0.0599. The largest absolute Gasteiger partial charge is 0.507 e. The lowest BCUT2D eigenvalue weighted by Crippen LogP contribution is -2.09. The van der Waals surface area contributed by atoms with Crippen LogP contribution in [0, 0.1) is 6.92 Å². The molecular formula is C14H22O4S. The molecule has 1 aromatic rings. The fraction of sp³-hybridized carbons (Fsp3) is 0.500. The van der Waals surface area contributed by atoms with Crippen molar-refractivity contribution < 1.29 is 18.8 Å². The summed E-state index contributed by atoms with van der Waals surface area (Å²) >= 11 is 0. The van der Waals surface area contributed by atoms with E-state index in [0.717, 1.165) is 0 Å². The summed E-state index contributed by atoms with van der Waals surface area (Å²) in [6, 6.07) is 2.87. The number of phenols is 1. The van der Waals surface area contributed by atoms with Gasteiger partial charge in [0, 0.05) is 5.25 Å². The Labute approximate surface area is 117 Å². The second-order valence-electron chi connectivity index (χ2n) is 3.97. The van der Waals surface area contributed by atoms with Crippen LogP contribution in [0.15, 0.2) is 17.0 Å². The first kappa shape index (κ1) is 17.6. The van der Waals surface area contributed by atoms with Crippen molar-refractivity contribution in [3.8, 4) is 5.75 Å². The van der Waals surface area contributed by atoms with Gasteiger partial charge in [-0.1, -0.05) is 27.7 Å². The van der Waals surface area contributed by atoms with E-state index in [2.05, 4.69) is 4.74 Å². The third kappa shape index (κ3) is 4.35. The Balaban J connectivity index is 0.00000154. The molecule has 0 bridgehead atoms. The van der Waals surface area contributed by atoms with Crippen molar-refractivity contribution in [1.29, 1.82) is 0 Å². The van der Waals surface area contributed by atoms with Crippen LogP contribution < -0.4 is 0 Å². The van der Waals surface area contributed by atoms with Crippen LogP contribution in [-0.4, -0.2) is 27.6 Å². The molecule has 1 atom stereocenters. The highest BCUT2D eigenvalue weighted by molar-refractivity contribution is 7.85. The summed E-state index contributed by atoms with van der Waals surface area (Å²) in [6.45, 7) is 9.26. The number of hydrogen-bond donors (Lipinski definition) is 1. The number of hydrogen-bond acceptors (Lipinski definition) is 4. The van der Waals surface area contributed by atoms with E-state index in [9.17, 15) is 14.1 Å². The molecule has 0 amide bonds. The molecule has 1 unspecified atom stereocenters. The minimum Gasteiger partial charge on any atom is -0.507 e. The number of esters is 1. The van der Waals surface area contributed by atoms with Gasteiger partial charge >= 0.3 is 5.97 Å². The number of ether oxygens (including phenoxy) is 1. The van der Waals surface area contributed by atoms with Gasteiger partial charge in [0.2, 0.25) is 0 Å². The topological polar surface area (TPSA) is 63.6 Å². The summed E-state index contributed by atoms with van der Waals surface area (Å²) in [7, 11) is -0.0561. The van der Waals surface area contributed by atoms with E-state index in [1.165, 1.54) is 19.2 Å². The van der Waals surface area contributed by atoms with Crippen LogP contribution in [0.4, 0.5) is 0 Å². The Kier molecular flexibility index (Phi) is 7.37. The number of methoxy groups -OCH3 is 1. The standard InChI is InChI=1S/C12H16O4S.C2H6/c1-7(2)17(15)11-6-9(12(14)16-4)8(3)5-10(11)13;1-2/h5-7,13H,1-4H3;1-2H3. The van der Waals surface area contributed by atoms with Crippen molar-refractivity contribution in [3.63, 3.8) is 0 Å². The quantitative estimate of drug-likeness (QED) is 0.867. The van der Waals surface area contributed by atoms with E-state index >= 15 is 0 Å². The molecule has 19 heavy (non-hydrogen) atoms. The molecule has 0 spiro atoms. The number of carbonyl (C=O) groups excluding carboxylic acids is 1. The van der Waals surface area contributed by atoms with Gasteiger partial charge in [0.25, 0.3) is 0 Å². The third-order valence-electron chi connectivity index (χ3n) is 2.36. The molecule has 0 radical (unpaired) electrons. The van der Waals surface area contributed by atoms with Crippen LogP contribution in [0.1, 0.15) is 43.6 Å². The fourth-order valence-electron chi connectivity index (χ4n) is 1.42. The van der Waals surface area contributed by atoms with Crippen molar-refractivity contribution >= 4 is 16.8 Å². The predicted molar refractivity (Wildman–Crippen MR) is 77.1 cm³/mol. The maximum Gasteiger partial charge on any atom is 0.338 e. The van der Waals surface area contributed by atoms with Crippen LogP contribution in [0.5, 0.6) is 5.75 Å². The highest BCUT2D eigenvalue weighted by Crippen LogP contribution is 2.27. The number of benzene rings is 1. The molecule has 0 aromatic heterocycles. The van der Waals surface area contributed by atoms with Gasteiger partial charge in [0.15, 0.2) is 0 Å². The van der Waals surface area contributed by atoms with Crippen molar-refractivity contribution in [2.45, 2.75) is 44.8 Å². The molecule has 0 fully saturated rings. The molecule has 0 heterocycles. The van der Waals surface area contributed by atoms with Gasteiger partial charge in [-0.15, -0.1) is 0 Å². The van der Waals surface area contributed by atoms with E-state index in [-0.39, 0.29) is 15.9 Å². The minimum absolute atomic E-state index is 0.0535. The normalized spacial score (nSPS) is 11.5. The van der Waals surface area contributed by atoms with Gasteiger partial charge in [-0.25, -0.2) is 4.79 Å². The van der Waals surface area contributed by atoms with Crippen LogP contribution in [0.3, 0.4) is 0 Å². The van der Waals surface area contributed by atoms with Crippen LogP contribution in [0.25, 0.3) is 0 Å². The smallest absolute Gasteiger partial charge is 0.338 e. The van der Waals surface area contributed by atoms with Gasteiger partial charge in [-0.3, -0.25) is 4.21 Å². The Morgan fingerprint density at radius 3 is 2.26 bits per heavy atom. The van der Waals surface area contributed by atoms with Crippen molar-refractivity contribution in [2.75, 3.05) is 7.11 Å². The van der Waals surface area contributed by atoms with E-state index in [0.29, 0.717) is 11.1 Å². The number of rotatable bonds is 3. The summed E-state index contributed by atoms with van der Waals surface area (Å²) < 4.78 is 16.6. The zero-order valence-corrected chi connectivity index (χ0v) is 13.1. The van der Waals surface area contributed by atoms with Crippen molar-refractivity contribution in [2.24, 2.45) is 0 Å². The maximum absolute atomic E-state index is 11.9. The number of aromatic hydroxyl groups is 1. The Morgan fingerprint density at radius 1 is 1.32 bits per heavy atom. The van der Waals surface area contributed by atoms with E-state index in [4.69, 9.17) is 0 Å². The average Bonchev–Trinajstić information content (AvgIpc) is 2.39. The molecule has 0 aliphatic heterocycles. The molecule has 1 N–H and O–H groups in total. The van der Waals surface area contributed by atoms with Crippen LogP contribution >= 0.6 is 0 Å². The predicted octanol–water partition coefficient (Wildman–Crippen LogP) is 3.03. The van der Waals surface area contributed by atoms with Gasteiger partial charge < -0.3 is 9.84 Å². The summed E-state index contributed by atoms with van der Waals surface area (Å²) in [5.41, 5.74) is 0.924. The van der Waals surface area contributed by atoms with Gasteiger partial charge in [0.1, 0.15) is 5.75 Å². The molecular weight excluding hydrogens is 264 g/mol. The lowest BCUT2D eigenvalue weighted by Gasteiger charge is -2.11. The van der Waals surface area contributed by atoms with Gasteiger partial charge in [-0.05, 0) is 24.6 Å². The molecule has 1 aromatic carbocycles. The Hall–Kier alpha value is -1.36. The molecule has 4 nitrogen and oxygen atoms in total. The summed E-state index contributed by atoms with van der Waals surface area (Å²) in [6.07, 6.45) is 0. The summed E-state index contributed by atoms with van der Waals surface area (Å²) in [5, 5.41) is 9.61. The minimum atomic E-state index is -1.34. The molecule has 0 aliphatic rings.